The summed E-state index contributed by atoms with van der Waals surface area (Å²) in [6, 6.07) is 3.95. The predicted octanol–water partition coefficient (Wildman–Crippen LogP) is 0.987. The van der Waals surface area contributed by atoms with Gasteiger partial charge in [0, 0.05) is 30.9 Å². The number of carbonyl (C=O) groups excluding carboxylic acids is 1. The average Bonchev–Trinajstić information content (AvgIpc) is 2.90. The zero-order valence-corrected chi connectivity index (χ0v) is 11.5. The normalized spacial score (nSPS) is 16.5. The molecule has 2 heterocycles. The maximum Gasteiger partial charge on any atom is 0.248 e. The molecule has 0 radical (unpaired) electrons. The molecule has 1 unspecified atom stereocenters. The summed E-state index contributed by atoms with van der Waals surface area (Å²) in [5.74, 6) is 0.608. The van der Waals surface area contributed by atoms with Crippen molar-refractivity contribution in [1.82, 2.24) is 10.3 Å². The van der Waals surface area contributed by atoms with Gasteiger partial charge in [0.2, 0.25) is 5.91 Å². The lowest BCUT2D eigenvalue weighted by atomic mass is 10.2. The Balaban J connectivity index is 2.12. The number of aryl methyl sites for hydroxylation is 1. The number of rotatable bonds is 4. The molecule has 5 heteroatoms. The fourth-order valence-electron chi connectivity index (χ4n) is 2.24. The lowest BCUT2D eigenvalue weighted by Gasteiger charge is -2.21. The molecule has 5 nitrogen and oxygen atoms in total. The molecule has 104 valence electrons. The van der Waals surface area contributed by atoms with Crippen molar-refractivity contribution in [2.24, 2.45) is 0 Å². The molecule has 1 atom stereocenters. The smallest absolute Gasteiger partial charge is 0.248 e. The van der Waals surface area contributed by atoms with Gasteiger partial charge in [-0.1, -0.05) is 6.07 Å². The highest BCUT2D eigenvalue weighted by Gasteiger charge is 2.18. The first-order chi connectivity index (χ1) is 9.08. The molecule has 1 saturated heterocycles. The number of anilines is 1. The summed E-state index contributed by atoms with van der Waals surface area (Å²) in [5, 5.41) is 11.9. The first-order valence-electron chi connectivity index (χ1n) is 6.75. The van der Waals surface area contributed by atoms with E-state index in [4.69, 9.17) is 0 Å². The van der Waals surface area contributed by atoms with Gasteiger partial charge in [-0.3, -0.25) is 4.79 Å². The predicted molar refractivity (Wildman–Crippen MR) is 73.9 cm³/mol. The van der Waals surface area contributed by atoms with Crippen LogP contribution in [-0.2, 0) is 11.3 Å². The molecule has 1 aliphatic rings. The molecule has 0 bridgehead atoms. The number of aliphatic hydroxyl groups excluding tert-OH is 1. The van der Waals surface area contributed by atoms with E-state index in [9.17, 15) is 9.90 Å². The van der Waals surface area contributed by atoms with Crippen LogP contribution in [0.1, 0.15) is 31.0 Å². The summed E-state index contributed by atoms with van der Waals surface area (Å²) >= 11 is 0. The van der Waals surface area contributed by atoms with Crippen LogP contribution in [0.25, 0.3) is 0 Å². The minimum Gasteiger partial charge on any atom is -0.384 e. The lowest BCUT2D eigenvalue weighted by molar-refractivity contribution is -0.128. The van der Waals surface area contributed by atoms with E-state index < -0.39 is 6.10 Å². The topological polar surface area (TPSA) is 65.5 Å². The second-order valence-electron chi connectivity index (χ2n) is 5.02. The van der Waals surface area contributed by atoms with E-state index in [1.165, 1.54) is 19.8 Å². The Morgan fingerprint density at radius 3 is 2.79 bits per heavy atom. The molecule has 0 aliphatic carbocycles. The van der Waals surface area contributed by atoms with Gasteiger partial charge in [-0.15, -0.1) is 0 Å². The van der Waals surface area contributed by atoms with E-state index in [-0.39, 0.29) is 5.91 Å². The summed E-state index contributed by atoms with van der Waals surface area (Å²) < 4.78 is 0. The monoisotopic (exact) mass is 263 g/mol. The van der Waals surface area contributed by atoms with Crippen molar-refractivity contribution in [3.8, 4) is 0 Å². The lowest BCUT2D eigenvalue weighted by Crippen LogP contribution is -2.33. The second kappa shape index (κ2) is 6.02. The molecule has 1 aliphatic heterocycles. The molecule has 0 spiro atoms. The molecule has 19 heavy (non-hydrogen) atoms. The van der Waals surface area contributed by atoms with E-state index in [2.05, 4.69) is 15.2 Å². The number of hydrogen-bond acceptors (Lipinski definition) is 4. The van der Waals surface area contributed by atoms with Crippen molar-refractivity contribution in [2.75, 3.05) is 18.0 Å². The number of nitrogens with one attached hydrogen (secondary N) is 1. The van der Waals surface area contributed by atoms with Crippen LogP contribution in [0.15, 0.2) is 12.1 Å². The van der Waals surface area contributed by atoms with Gasteiger partial charge in [0.15, 0.2) is 0 Å². The molecule has 1 aromatic heterocycles. The number of carbonyl (C=O) groups is 1. The third-order valence-corrected chi connectivity index (χ3v) is 3.33. The van der Waals surface area contributed by atoms with Crippen LogP contribution < -0.4 is 10.2 Å². The highest BCUT2D eigenvalue weighted by molar-refractivity contribution is 5.80. The highest BCUT2D eigenvalue weighted by Crippen LogP contribution is 2.22. The SMILES string of the molecule is Cc1ccc(CNC(=O)C(C)O)c(N2CCCC2)n1. The zero-order valence-electron chi connectivity index (χ0n) is 11.5. The third-order valence-electron chi connectivity index (χ3n) is 3.33. The summed E-state index contributed by atoms with van der Waals surface area (Å²) in [5.41, 5.74) is 1.98. The van der Waals surface area contributed by atoms with Gasteiger partial charge in [-0.25, -0.2) is 4.98 Å². The minimum atomic E-state index is -0.978. The Morgan fingerprint density at radius 1 is 1.47 bits per heavy atom. The Kier molecular flexibility index (Phi) is 4.37. The van der Waals surface area contributed by atoms with Gasteiger partial charge in [0.1, 0.15) is 11.9 Å². The fraction of sp³-hybridized carbons (Fsp3) is 0.571. The molecule has 1 amide bonds. The second-order valence-corrected chi connectivity index (χ2v) is 5.02. The number of nitrogens with zero attached hydrogens (tertiary/aromatic N) is 2. The van der Waals surface area contributed by atoms with Gasteiger partial charge >= 0.3 is 0 Å². The molecular formula is C14H21N3O2. The third kappa shape index (κ3) is 3.44. The molecular weight excluding hydrogens is 242 g/mol. The standard InChI is InChI=1S/C14H21N3O2/c1-10-5-6-12(9-15-14(19)11(2)18)13(16-10)17-7-3-4-8-17/h5-6,11,18H,3-4,7-9H2,1-2H3,(H,15,19). The number of amides is 1. The van der Waals surface area contributed by atoms with Crippen molar-refractivity contribution in [3.63, 3.8) is 0 Å². The van der Waals surface area contributed by atoms with Gasteiger partial charge in [-0.2, -0.15) is 0 Å². The van der Waals surface area contributed by atoms with Crippen molar-refractivity contribution in [3.05, 3.63) is 23.4 Å². The van der Waals surface area contributed by atoms with Crippen LogP contribution in [0.2, 0.25) is 0 Å². The summed E-state index contributed by atoms with van der Waals surface area (Å²) in [4.78, 5) is 18.3. The molecule has 1 fully saturated rings. The van der Waals surface area contributed by atoms with E-state index in [1.807, 2.05) is 19.1 Å². The van der Waals surface area contributed by atoms with Crippen molar-refractivity contribution in [2.45, 2.75) is 39.3 Å². The van der Waals surface area contributed by atoms with E-state index in [0.29, 0.717) is 6.54 Å². The molecule has 2 rings (SSSR count). The van der Waals surface area contributed by atoms with Crippen molar-refractivity contribution < 1.29 is 9.90 Å². The Hall–Kier alpha value is -1.62. The number of hydrogen-bond donors (Lipinski definition) is 2. The van der Waals surface area contributed by atoms with Crippen LogP contribution in [0.5, 0.6) is 0 Å². The van der Waals surface area contributed by atoms with Crippen LogP contribution in [0.4, 0.5) is 5.82 Å². The first kappa shape index (κ1) is 13.8. The van der Waals surface area contributed by atoms with Gasteiger partial charge in [0.25, 0.3) is 0 Å². The van der Waals surface area contributed by atoms with Crippen LogP contribution in [0, 0.1) is 6.92 Å². The summed E-state index contributed by atoms with van der Waals surface area (Å²) in [6.07, 6.45) is 1.40. The average molecular weight is 263 g/mol. The quantitative estimate of drug-likeness (QED) is 0.850. The maximum absolute atomic E-state index is 11.4. The Bertz CT molecular complexity index is 454. The first-order valence-corrected chi connectivity index (χ1v) is 6.75. The van der Waals surface area contributed by atoms with E-state index in [1.54, 1.807) is 0 Å². The van der Waals surface area contributed by atoms with Crippen LogP contribution >= 0.6 is 0 Å². The largest absolute Gasteiger partial charge is 0.384 e. The number of pyridine rings is 1. The minimum absolute atomic E-state index is 0.354. The summed E-state index contributed by atoms with van der Waals surface area (Å²) in [6.45, 7) is 5.88. The zero-order chi connectivity index (χ0) is 13.8. The molecule has 2 N–H and O–H groups in total. The van der Waals surface area contributed by atoms with Gasteiger partial charge in [0.05, 0.1) is 0 Å². The van der Waals surface area contributed by atoms with Crippen molar-refractivity contribution >= 4 is 11.7 Å². The maximum atomic E-state index is 11.4. The molecule has 0 saturated carbocycles. The van der Waals surface area contributed by atoms with E-state index >= 15 is 0 Å². The van der Waals surface area contributed by atoms with Crippen LogP contribution in [0.3, 0.4) is 0 Å². The summed E-state index contributed by atoms with van der Waals surface area (Å²) in [7, 11) is 0. The van der Waals surface area contributed by atoms with Crippen LogP contribution in [-0.4, -0.2) is 35.2 Å². The fourth-order valence-corrected chi connectivity index (χ4v) is 2.24. The molecule has 0 aromatic carbocycles. The van der Waals surface area contributed by atoms with E-state index in [0.717, 1.165) is 30.2 Å². The Labute approximate surface area is 113 Å². The van der Waals surface area contributed by atoms with Gasteiger partial charge in [-0.05, 0) is 32.8 Å². The molecule has 1 aromatic rings. The number of aliphatic hydroxyl groups is 1. The Morgan fingerprint density at radius 2 is 2.16 bits per heavy atom. The highest BCUT2D eigenvalue weighted by atomic mass is 16.3. The number of aromatic nitrogens is 1. The van der Waals surface area contributed by atoms with Gasteiger partial charge < -0.3 is 15.3 Å². The van der Waals surface area contributed by atoms with Crippen molar-refractivity contribution in [1.29, 1.82) is 0 Å².